The van der Waals surface area contributed by atoms with Crippen molar-refractivity contribution in [2.24, 2.45) is 11.7 Å². The monoisotopic (exact) mass is 252 g/mol. The van der Waals surface area contributed by atoms with Crippen molar-refractivity contribution < 1.29 is 9.53 Å². The van der Waals surface area contributed by atoms with E-state index in [1.165, 1.54) is 0 Å². The summed E-state index contributed by atoms with van der Waals surface area (Å²) in [5.41, 5.74) is 5.99. The van der Waals surface area contributed by atoms with Gasteiger partial charge >= 0.3 is 0 Å². The average Bonchev–Trinajstić information content (AvgIpc) is 2.27. The molecule has 5 heteroatoms. The van der Waals surface area contributed by atoms with Crippen LogP contribution >= 0.6 is 12.2 Å². The highest BCUT2D eigenvalue weighted by atomic mass is 32.1. The Morgan fingerprint density at radius 1 is 1.47 bits per heavy atom. The molecule has 3 N–H and O–H groups in total. The van der Waals surface area contributed by atoms with E-state index in [0.717, 1.165) is 0 Å². The van der Waals surface area contributed by atoms with Crippen LogP contribution in [0.4, 0.5) is 5.69 Å². The Kier molecular flexibility index (Phi) is 4.90. The van der Waals surface area contributed by atoms with Gasteiger partial charge in [0.2, 0.25) is 5.91 Å². The minimum atomic E-state index is -0.0846. The van der Waals surface area contributed by atoms with Crippen LogP contribution < -0.4 is 15.8 Å². The van der Waals surface area contributed by atoms with Gasteiger partial charge in [-0.15, -0.1) is 0 Å². The molecule has 1 aromatic carbocycles. The first kappa shape index (κ1) is 13.4. The number of anilines is 1. The van der Waals surface area contributed by atoms with Crippen LogP contribution in [0, 0.1) is 5.92 Å². The van der Waals surface area contributed by atoms with Crippen molar-refractivity contribution in [3.63, 3.8) is 0 Å². The molecule has 0 unspecified atom stereocenters. The SMILES string of the molecule is CC(C)C(=O)Nc1ccccc1OCC(N)=S. The Labute approximate surface area is 106 Å². The number of nitrogens with one attached hydrogen (secondary N) is 1. The van der Waals surface area contributed by atoms with E-state index in [2.05, 4.69) is 5.32 Å². The molecule has 0 aromatic heterocycles. The first-order valence-corrected chi connectivity index (χ1v) is 5.72. The normalized spacial score (nSPS) is 10.1. The van der Waals surface area contributed by atoms with Crippen molar-refractivity contribution in [1.29, 1.82) is 0 Å². The molecule has 0 saturated heterocycles. The van der Waals surface area contributed by atoms with E-state index in [1.54, 1.807) is 12.1 Å². The third kappa shape index (κ3) is 4.40. The van der Waals surface area contributed by atoms with E-state index in [-0.39, 0.29) is 23.4 Å². The molecular weight excluding hydrogens is 236 g/mol. The lowest BCUT2D eigenvalue weighted by atomic mass is 10.2. The van der Waals surface area contributed by atoms with Crippen LogP contribution in [-0.4, -0.2) is 17.5 Å². The Bertz CT molecular complexity index is 419. The number of nitrogens with two attached hydrogens (primary N) is 1. The van der Waals surface area contributed by atoms with Crippen LogP contribution in [-0.2, 0) is 4.79 Å². The summed E-state index contributed by atoms with van der Waals surface area (Å²) in [5, 5.41) is 2.79. The molecule has 0 spiro atoms. The van der Waals surface area contributed by atoms with Crippen LogP contribution in [0.15, 0.2) is 24.3 Å². The van der Waals surface area contributed by atoms with Gasteiger partial charge in [-0.2, -0.15) is 0 Å². The number of thiocarbonyl (C=S) groups is 1. The van der Waals surface area contributed by atoms with Gasteiger partial charge in [-0.05, 0) is 12.1 Å². The summed E-state index contributed by atoms with van der Waals surface area (Å²) in [6.45, 7) is 3.81. The molecule has 0 aliphatic heterocycles. The standard InChI is InChI=1S/C12H16N2O2S/c1-8(2)12(15)14-9-5-3-4-6-10(9)16-7-11(13)17/h3-6,8H,7H2,1-2H3,(H2,13,17)(H,14,15). The summed E-state index contributed by atoms with van der Waals surface area (Å²) in [6.07, 6.45) is 0. The van der Waals surface area contributed by atoms with E-state index in [4.69, 9.17) is 22.7 Å². The zero-order chi connectivity index (χ0) is 12.8. The van der Waals surface area contributed by atoms with Crippen molar-refractivity contribution in [1.82, 2.24) is 0 Å². The summed E-state index contributed by atoms with van der Waals surface area (Å²) in [5.74, 6) is 0.421. The van der Waals surface area contributed by atoms with Gasteiger partial charge in [0.25, 0.3) is 0 Å². The fourth-order valence-corrected chi connectivity index (χ4v) is 1.18. The quantitative estimate of drug-likeness (QED) is 0.786. The highest BCUT2D eigenvalue weighted by Gasteiger charge is 2.10. The maximum absolute atomic E-state index is 11.6. The molecule has 0 aliphatic rings. The van der Waals surface area contributed by atoms with Crippen LogP contribution in [0.3, 0.4) is 0 Å². The second kappa shape index (κ2) is 6.20. The fourth-order valence-electron chi connectivity index (χ4n) is 1.12. The summed E-state index contributed by atoms with van der Waals surface area (Å²) in [7, 11) is 0. The molecule has 1 rings (SSSR count). The highest BCUT2D eigenvalue weighted by molar-refractivity contribution is 7.80. The molecule has 92 valence electrons. The molecule has 0 heterocycles. The summed E-state index contributed by atoms with van der Waals surface area (Å²) < 4.78 is 5.40. The Hall–Kier alpha value is -1.62. The number of amides is 1. The number of hydrogen-bond donors (Lipinski definition) is 2. The first-order chi connectivity index (χ1) is 8.00. The minimum Gasteiger partial charge on any atom is -0.484 e. The van der Waals surface area contributed by atoms with Crippen LogP contribution in [0.1, 0.15) is 13.8 Å². The van der Waals surface area contributed by atoms with Gasteiger partial charge < -0.3 is 15.8 Å². The molecule has 0 fully saturated rings. The largest absolute Gasteiger partial charge is 0.484 e. The lowest BCUT2D eigenvalue weighted by molar-refractivity contribution is -0.118. The number of carbonyl (C=O) groups excluding carboxylic acids is 1. The summed E-state index contributed by atoms with van der Waals surface area (Å²) in [6, 6.07) is 7.17. The molecule has 0 atom stereocenters. The zero-order valence-corrected chi connectivity index (χ0v) is 10.7. The molecule has 0 bridgehead atoms. The lowest BCUT2D eigenvalue weighted by Gasteiger charge is -2.13. The Morgan fingerprint density at radius 2 is 2.12 bits per heavy atom. The molecule has 17 heavy (non-hydrogen) atoms. The fraction of sp³-hybridized carbons (Fsp3) is 0.333. The van der Waals surface area contributed by atoms with Gasteiger partial charge in [-0.1, -0.05) is 38.2 Å². The van der Waals surface area contributed by atoms with E-state index in [1.807, 2.05) is 26.0 Å². The second-order valence-electron chi connectivity index (χ2n) is 3.90. The molecule has 4 nitrogen and oxygen atoms in total. The Morgan fingerprint density at radius 3 is 2.71 bits per heavy atom. The van der Waals surface area contributed by atoms with Gasteiger partial charge in [0, 0.05) is 5.92 Å². The first-order valence-electron chi connectivity index (χ1n) is 5.31. The molecular formula is C12H16N2O2S. The van der Waals surface area contributed by atoms with Gasteiger partial charge in [0.15, 0.2) is 0 Å². The van der Waals surface area contributed by atoms with Crippen molar-refractivity contribution in [2.75, 3.05) is 11.9 Å². The second-order valence-corrected chi connectivity index (χ2v) is 4.42. The van der Waals surface area contributed by atoms with E-state index in [9.17, 15) is 4.79 Å². The van der Waals surface area contributed by atoms with Crippen LogP contribution in [0.5, 0.6) is 5.75 Å². The summed E-state index contributed by atoms with van der Waals surface area (Å²) >= 11 is 4.73. The number of carbonyl (C=O) groups is 1. The third-order valence-corrected chi connectivity index (χ3v) is 2.16. The van der Waals surface area contributed by atoms with Gasteiger partial charge in [-0.25, -0.2) is 0 Å². The number of rotatable bonds is 5. The third-order valence-electron chi connectivity index (χ3n) is 2.04. The van der Waals surface area contributed by atoms with Gasteiger partial charge in [-0.3, -0.25) is 4.79 Å². The maximum atomic E-state index is 11.6. The van der Waals surface area contributed by atoms with Crippen molar-refractivity contribution in [2.45, 2.75) is 13.8 Å². The van der Waals surface area contributed by atoms with Crippen LogP contribution in [0.25, 0.3) is 0 Å². The number of hydrogen-bond acceptors (Lipinski definition) is 3. The van der Waals surface area contributed by atoms with Gasteiger partial charge in [0.05, 0.1) is 5.69 Å². The topological polar surface area (TPSA) is 64.3 Å². The average molecular weight is 252 g/mol. The van der Waals surface area contributed by atoms with Gasteiger partial charge in [0.1, 0.15) is 17.3 Å². The van der Waals surface area contributed by atoms with Crippen molar-refractivity contribution in [3.05, 3.63) is 24.3 Å². The Balaban J connectivity index is 2.77. The predicted octanol–water partition coefficient (Wildman–Crippen LogP) is 1.95. The van der Waals surface area contributed by atoms with Crippen LogP contribution in [0.2, 0.25) is 0 Å². The lowest BCUT2D eigenvalue weighted by Crippen LogP contribution is -2.20. The van der Waals surface area contributed by atoms with E-state index < -0.39 is 0 Å². The number of para-hydroxylation sites is 2. The number of ether oxygens (including phenoxy) is 1. The molecule has 1 aromatic rings. The summed E-state index contributed by atoms with van der Waals surface area (Å²) in [4.78, 5) is 11.9. The van der Waals surface area contributed by atoms with E-state index >= 15 is 0 Å². The number of benzene rings is 1. The van der Waals surface area contributed by atoms with E-state index in [0.29, 0.717) is 11.4 Å². The molecule has 0 radical (unpaired) electrons. The van der Waals surface area contributed by atoms with Crippen molar-refractivity contribution >= 4 is 28.8 Å². The predicted molar refractivity (Wildman–Crippen MR) is 72.2 cm³/mol. The highest BCUT2D eigenvalue weighted by Crippen LogP contribution is 2.24. The minimum absolute atomic E-state index is 0.0589. The molecule has 1 amide bonds. The van der Waals surface area contributed by atoms with Crippen molar-refractivity contribution in [3.8, 4) is 5.75 Å². The molecule has 0 saturated carbocycles. The molecule has 0 aliphatic carbocycles. The smallest absolute Gasteiger partial charge is 0.227 e. The zero-order valence-electron chi connectivity index (χ0n) is 9.90. The maximum Gasteiger partial charge on any atom is 0.227 e.